The quantitative estimate of drug-likeness (QED) is 0.662. The maximum Gasteiger partial charge on any atom is 0.406 e. The van der Waals surface area contributed by atoms with E-state index < -0.39 is 4.92 Å². The van der Waals surface area contributed by atoms with Crippen LogP contribution < -0.4 is 5.32 Å². The van der Waals surface area contributed by atoms with E-state index in [1.165, 1.54) is 12.7 Å². The van der Waals surface area contributed by atoms with E-state index in [1.807, 2.05) is 0 Å². The smallest absolute Gasteiger partial charge is 0.362 e. The fourth-order valence-corrected chi connectivity index (χ4v) is 2.98. The van der Waals surface area contributed by atoms with Crippen LogP contribution in [0, 0.1) is 22.0 Å². The molecule has 1 saturated carbocycles. The van der Waals surface area contributed by atoms with Gasteiger partial charge in [0.15, 0.2) is 0 Å². The van der Waals surface area contributed by atoms with Crippen molar-refractivity contribution < 1.29 is 4.92 Å². The van der Waals surface area contributed by atoms with E-state index in [4.69, 9.17) is 0 Å². The van der Waals surface area contributed by atoms with Gasteiger partial charge in [-0.25, -0.2) is 0 Å². The largest absolute Gasteiger partial charge is 0.406 e. The average Bonchev–Trinajstić information content (AvgIpc) is 2.59. The number of rotatable bonds is 3. The van der Waals surface area contributed by atoms with Crippen molar-refractivity contribution in [1.82, 2.24) is 9.55 Å². The van der Waals surface area contributed by atoms with Crippen molar-refractivity contribution in [2.75, 3.05) is 5.32 Å². The molecular formula is C12H20N4O2. The van der Waals surface area contributed by atoms with Crippen molar-refractivity contribution in [2.24, 2.45) is 18.9 Å². The van der Waals surface area contributed by atoms with Crippen molar-refractivity contribution in [3.8, 4) is 0 Å². The summed E-state index contributed by atoms with van der Waals surface area (Å²) in [4.78, 5) is 14.3. The van der Waals surface area contributed by atoms with Gasteiger partial charge in [-0.1, -0.05) is 13.8 Å². The third-order valence-corrected chi connectivity index (χ3v) is 3.61. The van der Waals surface area contributed by atoms with Gasteiger partial charge < -0.3 is 15.4 Å². The highest BCUT2D eigenvalue weighted by Crippen LogP contribution is 2.32. The first-order valence-corrected chi connectivity index (χ1v) is 6.39. The molecule has 0 aliphatic heterocycles. The van der Waals surface area contributed by atoms with E-state index in [0.717, 1.165) is 12.8 Å². The Bertz CT molecular complexity index is 433. The van der Waals surface area contributed by atoms with E-state index in [1.54, 1.807) is 11.6 Å². The van der Waals surface area contributed by atoms with Gasteiger partial charge in [-0.3, -0.25) is 4.57 Å². The van der Waals surface area contributed by atoms with Gasteiger partial charge in [-0.05, 0) is 41.0 Å². The molecule has 100 valence electrons. The van der Waals surface area contributed by atoms with E-state index in [2.05, 4.69) is 24.1 Å². The summed E-state index contributed by atoms with van der Waals surface area (Å²) in [5, 5.41) is 14.2. The van der Waals surface area contributed by atoms with Crippen molar-refractivity contribution in [3.05, 3.63) is 16.4 Å². The normalized spacial score (nSPS) is 28.1. The number of aromatic nitrogens is 2. The zero-order chi connectivity index (χ0) is 13.3. The topological polar surface area (TPSA) is 73.0 Å². The minimum atomic E-state index is -0.433. The van der Waals surface area contributed by atoms with Crippen LogP contribution in [0.25, 0.3) is 0 Å². The van der Waals surface area contributed by atoms with Crippen LogP contribution in [0.2, 0.25) is 0 Å². The Hall–Kier alpha value is -1.59. The molecule has 1 N–H and O–H groups in total. The number of hydrogen-bond acceptors (Lipinski definition) is 4. The molecule has 2 unspecified atom stereocenters. The molecule has 0 spiro atoms. The first kappa shape index (κ1) is 12.9. The molecule has 6 heteroatoms. The first-order valence-electron chi connectivity index (χ1n) is 6.39. The lowest BCUT2D eigenvalue weighted by Crippen LogP contribution is -2.31. The number of nitrogens with one attached hydrogen (secondary N) is 1. The van der Waals surface area contributed by atoms with Crippen LogP contribution in [0.3, 0.4) is 0 Å². The second-order valence-corrected chi connectivity index (χ2v) is 5.54. The summed E-state index contributed by atoms with van der Waals surface area (Å²) in [6.45, 7) is 4.48. The minimum absolute atomic E-state index is 0.0802. The Morgan fingerprint density at radius 2 is 2.00 bits per heavy atom. The minimum Gasteiger partial charge on any atom is -0.362 e. The molecule has 2 rings (SSSR count). The Kier molecular flexibility index (Phi) is 3.54. The van der Waals surface area contributed by atoms with Crippen molar-refractivity contribution in [3.63, 3.8) is 0 Å². The van der Waals surface area contributed by atoms with Crippen LogP contribution in [0.15, 0.2) is 6.33 Å². The van der Waals surface area contributed by atoms with Gasteiger partial charge in [0.2, 0.25) is 12.1 Å². The van der Waals surface area contributed by atoms with Gasteiger partial charge in [0.1, 0.15) is 0 Å². The monoisotopic (exact) mass is 252 g/mol. The van der Waals surface area contributed by atoms with E-state index >= 15 is 0 Å². The molecule has 1 aromatic rings. The van der Waals surface area contributed by atoms with E-state index in [-0.39, 0.29) is 5.82 Å². The highest BCUT2D eigenvalue weighted by molar-refractivity contribution is 5.52. The molecule has 0 radical (unpaired) electrons. The number of anilines is 1. The molecule has 1 fully saturated rings. The molecule has 1 aromatic heterocycles. The number of aryl methyl sites for hydroxylation is 1. The summed E-state index contributed by atoms with van der Waals surface area (Å²) in [5.74, 6) is 1.77. The van der Waals surface area contributed by atoms with Gasteiger partial charge >= 0.3 is 5.82 Å². The molecular weight excluding hydrogens is 232 g/mol. The van der Waals surface area contributed by atoms with E-state index in [9.17, 15) is 10.1 Å². The lowest BCUT2D eigenvalue weighted by Gasteiger charge is -2.32. The third kappa shape index (κ3) is 2.63. The van der Waals surface area contributed by atoms with Gasteiger partial charge in [0, 0.05) is 13.1 Å². The molecule has 1 heterocycles. The van der Waals surface area contributed by atoms with Crippen molar-refractivity contribution in [1.29, 1.82) is 0 Å². The maximum absolute atomic E-state index is 10.9. The number of nitro groups is 1. The molecule has 6 nitrogen and oxygen atoms in total. The van der Waals surface area contributed by atoms with Gasteiger partial charge in [0.25, 0.3) is 0 Å². The Morgan fingerprint density at radius 3 is 2.56 bits per heavy atom. The van der Waals surface area contributed by atoms with Crippen LogP contribution in [0.1, 0.15) is 33.1 Å². The van der Waals surface area contributed by atoms with Crippen LogP contribution in [0.5, 0.6) is 0 Å². The Balaban J connectivity index is 2.13. The molecule has 0 saturated heterocycles. The Labute approximate surface area is 107 Å². The predicted octanol–water partition coefficient (Wildman–Crippen LogP) is 2.56. The second kappa shape index (κ2) is 4.96. The van der Waals surface area contributed by atoms with Crippen LogP contribution in [-0.4, -0.2) is 20.5 Å². The highest BCUT2D eigenvalue weighted by atomic mass is 16.6. The summed E-state index contributed by atoms with van der Waals surface area (Å²) in [5.41, 5.74) is 0. The summed E-state index contributed by atoms with van der Waals surface area (Å²) < 4.78 is 1.68. The van der Waals surface area contributed by atoms with Crippen molar-refractivity contribution in [2.45, 2.75) is 39.2 Å². The van der Waals surface area contributed by atoms with Gasteiger partial charge in [-0.15, -0.1) is 0 Å². The molecule has 0 bridgehead atoms. The predicted molar refractivity (Wildman–Crippen MR) is 69.5 cm³/mol. The zero-order valence-corrected chi connectivity index (χ0v) is 11.1. The summed E-state index contributed by atoms with van der Waals surface area (Å²) in [6.07, 6.45) is 4.85. The summed E-state index contributed by atoms with van der Waals surface area (Å²) in [6, 6.07) is 0.304. The number of hydrogen-bond donors (Lipinski definition) is 1. The average molecular weight is 252 g/mol. The number of nitrogens with zero attached hydrogens (tertiary/aromatic N) is 3. The number of imidazole rings is 1. The fourth-order valence-electron chi connectivity index (χ4n) is 2.98. The zero-order valence-electron chi connectivity index (χ0n) is 11.1. The SMILES string of the molecule is CC1CC(C)CC(Nc2c([N+](=O)[O-])ncn2C)C1. The molecule has 0 aromatic carbocycles. The van der Waals surface area contributed by atoms with Crippen LogP contribution in [-0.2, 0) is 7.05 Å². The lowest BCUT2D eigenvalue weighted by molar-refractivity contribution is -0.388. The molecule has 1 aliphatic rings. The van der Waals surface area contributed by atoms with Crippen LogP contribution >= 0.6 is 0 Å². The lowest BCUT2D eigenvalue weighted by atomic mass is 9.80. The first-order chi connectivity index (χ1) is 8.47. The molecule has 18 heavy (non-hydrogen) atoms. The van der Waals surface area contributed by atoms with Gasteiger partial charge in [-0.2, -0.15) is 0 Å². The van der Waals surface area contributed by atoms with Crippen LogP contribution in [0.4, 0.5) is 11.6 Å². The molecule has 1 aliphatic carbocycles. The fraction of sp³-hybridized carbons (Fsp3) is 0.750. The summed E-state index contributed by atoms with van der Waals surface area (Å²) in [7, 11) is 1.78. The van der Waals surface area contributed by atoms with Gasteiger partial charge in [0.05, 0.1) is 0 Å². The molecule has 0 amide bonds. The molecule has 2 atom stereocenters. The highest BCUT2D eigenvalue weighted by Gasteiger charge is 2.28. The standard InChI is InChI=1S/C12H20N4O2/c1-8-4-9(2)6-10(5-8)14-12-11(16(17)18)13-7-15(12)3/h7-10,14H,4-6H2,1-3H3. The third-order valence-electron chi connectivity index (χ3n) is 3.61. The summed E-state index contributed by atoms with van der Waals surface area (Å²) >= 11 is 0. The van der Waals surface area contributed by atoms with E-state index in [0.29, 0.717) is 23.7 Å². The van der Waals surface area contributed by atoms with Crippen molar-refractivity contribution >= 4 is 11.6 Å². The maximum atomic E-state index is 10.9. The second-order valence-electron chi connectivity index (χ2n) is 5.54. The Morgan fingerprint density at radius 1 is 1.39 bits per heavy atom.